The van der Waals surface area contributed by atoms with Gasteiger partial charge >= 0.3 is 0 Å². The molecule has 4 heteroatoms. The highest BCUT2D eigenvalue weighted by molar-refractivity contribution is 6.30. The fraction of sp³-hybridized carbons (Fsp3) is 0.200. The van der Waals surface area contributed by atoms with E-state index in [2.05, 4.69) is 10.1 Å². The Bertz CT molecular complexity index is 341. The highest BCUT2D eigenvalue weighted by Gasteiger charge is 1.91. The molecule has 0 saturated carbocycles. The van der Waals surface area contributed by atoms with Crippen LogP contribution in [0.4, 0.5) is 10.1 Å². The van der Waals surface area contributed by atoms with Gasteiger partial charge in [-0.25, -0.2) is 4.39 Å². The topological polar surface area (TPSA) is 50.7 Å². The number of hydrazone groups is 1. The van der Waals surface area contributed by atoms with Crippen LogP contribution in [0, 0.1) is 5.82 Å². The zero-order valence-corrected chi connectivity index (χ0v) is 7.94. The van der Waals surface area contributed by atoms with E-state index in [1.54, 1.807) is 18.3 Å². The molecule has 1 aromatic rings. The second-order valence-corrected chi connectivity index (χ2v) is 2.71. The second-order valence-electron chi connectivity index (χ2n) is 2.71. The van der Waals surface area contributed by atoms with Gasteiger partial charge in [0.05, 0.1) is 17.6 Å². The fourth-order valence-electron chi connectivity index (χ4n) is 0.892. The third-order valence-electron chi connectivity index (χ3n) is 1.72. The highest BCUT2D eigenvalue weighted by atomic mass is 19.1. The molecule has 0 aliphatic heterocycles. The largest absolute Gasteiger partial charge is 0.323 e. The van der Waals surface area contributed by atoms with E-state index in [1.165, 1.54) is 12.1 Å². The van der Waals surface area contributed by atoms with Crippen molar-refractivity contribution in [3.8, 4) is 0 Å². The molecule has 14 heavy (non-hydrogen) atoms. The maximum atomic E-state index is 12.5. The van der Waals surface area contributed by atoms with E-state index < -0.39 is 0 Å². The first-order valence-electron chi connectivity index (χ1n) is 4.32. The van der Waals surface area contributed by atoms with E-state index in [4.69, 9.17) is 5.84 Å². The van der Waals surface area contributed by atoms with Crippen molar-refractivity contribution >= 4 is 17.6 Å². The maximum Gasteiger partial charge on any atom is 0.123 e. The van der Waals surface area contributed by atoms with Gasteiger partial charge in [0.2, 0.25) is 0 Å². The molecule has 0 heterocycles. The zero-order chi connectivity index (χ0) is 10.4. The van der Waals surface area contributed by atoms with Crippen LogP contribution in [0.5, 0.6) is 0 Å². The summed E-state index contributed by atoms with van der Waals surface area (Å²) in [6, 6.07) is 5.90. The van der Waals surface area contributed by atoms with Crippen molar-refractivity contribution < 1.29 is 4.39 Å². The molecule has 0 aromatic heterocycles. The van der Waals surface area contributed by atoms with Crippen molar-refractivity contribution in [3.05, 3.63) is 30.1 Å². The summed E-state index contributed by atoms with van der Waals surface area (Å²) in [6.45, 7) is 1.93. The van der Waals surface area contributed by atoms with E-state index >= 15 is 0 Å². The van der Waals surface area contributed by atoms with Gasteiger partial charge in [0, 0.05) is 0 Å². The van der Waals surface area contributed by atoms with Crippen LogP contribution in [-0.2, 0) is 0 Å². The number of hydrogen-bond donors (Lipinski definition) is 1. The minimum Gasteiger partial charge on any atom is -0.323 e. The quantitative estimate of drug-likeness (QED) is 0.446. The third kappa shape index (κ3) is 2.97. The fourth-order valence-corrected chi connectivity index (χ4v) is 0.892. The number of rotatable bonds is 3. The Labute approximate surface area is 82.2 Å². The van der Waals surface area contributed by atoms with Gasteiger partial charge in [0.25, 0.3) is 0 Å². The predicted octanol–water partition coefficient (Wildman–Crippen LogP) is 2.25. The average Bonchev–Trinajstić information content (AvgIpc) is 2.22. The third-order valence-corrected chi connectivity index (χ3v) is 1.72. The standard InChI is InChI=1S/C10H12FN3/c1-2-9(14-12)7-13-10-5-3-8(11)4-6-10/h3-7H,2,12H2,1H3/b13-7?,14-9-. The van der Waals surface area contributed by atoms with Gasteiger partial charge in [-0.15, -0.1) is 0 Å². The number of benzene rings is 1. The van der Waals surface area contributed by atoms with Crippen LogP contribution in [0.3, 0.4) is 0 Å². The molecule has 0 spiro atoms. The molecule has 0 saturated heterocycles. The van der Waals surface area contributed by atoms with E-state index in [0.29, 0.717) is 11.4 Å². The molecule has 0 fully saturated rings. The van der Waals surface area contributed by atoms with Gasteiger partial charge in [-0.05, 0) is 30.7 Å². The molecular formula is C10H12FN3. The van der Waals surface area contributed by atoms with Crippen LogP contribution in [0.2, 0.25) is 0 Å². The summed E-state index contributed by atoms with van der Waals surface area (Å²) in [5.41, 5.74) is 1.38. The van der Waals surface area contributed by atoms with Crippen molar-refractivity contribution in [2.45, 2.75) is 13.3 Å². The van der Waals surface area contributed by atoms with Crippen molar-refractivity contribution in [1.82, 2.24) is 0 Å². The van der Waals surface area contributed by atoms with E-state index in [-0.39, 0.29) is 5.82 Å². The van der Waals surface area contributed by atoms with Gasteiger partial charge in [0.1, 0.15) is 5.82 Å². The van der Waals surface area contributed by atoms with Gasteiger partial charge < -0.3 is 5.84 Å². The van der Waals surface area contributed by atoms with Crippen LogP contribution in [0.1, 0.15) is 13.3 Å². The molecular weight excluding hydrogens is 181 g/mol. The normalized spacial score (nSPS) is 12.3. The number of aliphatic imine (C=N–C) groups is 1. The number of halogens is 1. The van der Waals surface area contributed by atoms with Crippen molar-refractivity contribution in [3.63, 3.8) is 0 Å². The first kappa shape index (κ1) is 10.4. The average molecular weight is 193 g/mol. The summed E-state index contributed by atoms with van der Waals surface area (Å²) in [7, 11) is 0. The Morgan fingerprint density at radius 2 is 2.07 bits per heavy atom. The minimum absolute atomic E-state index is 0.271. The first-order valence-corrected chi connectivity index (χ1v) is 4.32. The van der Waals surface area contributed by atoms with Crippen LogP contribution in [0.15, 0.2) is 34.4 Å². The van der Waals surface area contributed by atoms with Crippen molar-refractivity contribution in [2.24, 2.45) is 15.9 Å². The van der Waals surface area contributed by atoms with Gasteiger partial charge in [-0.2, -0.15) is 5.10 Å². The lowest BCUT2D eigenvalue weighted by atomic mass is 10.3. The first-order chi connectivity index (χ1) is 6.76. The van der Waals surface area contributed by atoms with Gasteiger partial charge in [-0.3, -0.25) is 4.99 Å². The lowest BCUT2D eigenvalue weighted by Crippen LogP contribution is -2.00. The summed E-state index contributed by atoms with van der Waals surface area (Å²) in [4.78, 5) is 4.09. The van der Waals surface area contributed by atoms with Crippen LogP contribution >= 0.6 is 0 Å². The van der Waals surface area contributed by atoms with E-state index in [1.807, 2.05) is 6.92 Å². The van der Waals surface area contributed by atoms with Gasteiger partial charge in [-0.1, -0.05) is 6.92 Å². The van der Waals surface area contributed by atoms with Gasteiger partial charge in [0.15, 0.2) is 0 Å². The summed E-state index contributed by atoms with van der Waals surface area (Å²) in [5, 5.41) is 3.53. The Kier molecular flexibility index (Phi) is 3.79. The predicted molar refractivity (Wildman–Crippen MR) is 56.5 cm³/mol. The summed E-state index contributed by atoms with van der Waals surface area (Å²) < 4.78 is 12.5. The molecule has 0 unspecified atom stereocenters. The summed E-state index contributed by atoms with van der Waals surface area (Å²) in [5.74, 6) is 4.84. The Balaban J connectivity index is 2.73. The van der Waals surface area contributed by atoms with Crippen molar-refractivity contribution in [2.75, 3.05) is 0 Å². The lowest BCUT2D eigenvalue weighted by molar-refractivity contribution is 0.628. The summed E-state index contributed by atoms with van der Waals surface area (Å²) in [6.07, 6.45) is 2.30. The molecule has 74 valence electrons. The zero-order valence-electron chi connectivity index (χ0n) is 7.94. The smallest absolute Gasteiger partial charge is 0.123 e. The second kappa shape index (κ2) is 5.11. The van der Waals surface area contributed by atoms with Crippen LogP contribution in [0.25, 0.3) is 0 Å². The van der Waals surface area contributed by atoms with Crippen LogP contribution < -0.4 is 5.84 Å². The lowest BCUT2D eigenvalue weighted by Gasteiger charge is -1.94. The Morgan fingerprint density at radius 1 is 1.43 bits per heavy atom. The molecule has 0 amide bonds. The molecule has 0 radical (unpaired) electrons. The molecule has 0 aliphatic carbocycles. The molecule has 0 aliphatic rings. The molecule has 3 nitrogen and oxygen atoms in total. The Morgan fingerprint density at radius 3 is 2.57 bits per heavy atom. The highest BCUT2D eigenvalue weighted by Crippen LogP contribution is 2.11. The van der Waals surface area contributed by atoms with Crippen molar-refractivity contribution in [1.29, 1.82) is 0 Å². The molecule has 0 atom stereocenters. The monoisotopic (exact) mass is 193 g/mol. The molecule has 1 rings (SSSR count). The summed E-state index contributed by atoms with van der Waals surface area (Å²) >= 11 is 0. The molecule has 2 N–H and O–H groups in total. The Hall–Kier alpha value is -1.71. The minimum atomic E-state index is -0.271. The maximum absolute atomic E-state index is 12.5. The number of nitrogens with zero attached hydrogens (tertiary/aromatic N) is 2. The van der Waals surface area contributed by atoms with E-state index in [0.717, 1.165) is 6.42 Å². The number of nitrogens with two attached hydrogens (primary N) is 1. The SMILES string of the molecule is CC/C(C=Nc1ccc(F)cc1)=N/N. The molecule has 1 aromatic carbocycles. The van der Waals surface area contributed by atoms with Crippen LogP contribution in [-0.4, -0.2) is 11.9 Å². The number of hydrogen-bond acceptors (Lipinski definition) is 3. The molecule has 0 bridgehead atoms. The van der Waals surface area contributed by atoms with E-state index in [9.17, 15) is 4.39 Å².